The van der Waals surface area contributed by atoms with Gasteiger partial charge in [-0.05, 0) is 104 Å². The van der Waals surface area contributed by atoms with Crippen LogP contribution in [0.3, 0.4) is 0 Å². The van der Waals surface area contributed by atoms with E-state index >= 15 is 0 Å². The molecular weight excluding hydrogens is 1010 g/mol. The number of hydrogen-bond donors (Lipinski definition) is 13. The molecule has 32 atom stereocenters. The van der Waals surface area contributed by atoms with Crippen molar-refractivity contribution in [2.75, 3.05) is 33.0 Å². The third-order valence-electron chi connectivity index (χ3n) is 20.5. The molecule has 4 saturated carbocycles. The van der Waals surface area contributed by atoms with Crippen LogP contribution in [-0.4, -0.2) is 241 Å². The van der Waals surface area contributed by atoms with Crippen LogP contribution in [0.15, 0.2) is 0 Å². The molecule has 0 radical (unpaired) electrons. The van der Waals surface area contributed by atoms with Gasteiger partial charge in [0.15, 0.2) is 30.9 Å². The lowest BCUT2D eigenvalue weighted by atomic mass is 9.44. The van der Waals surface area contributed by atoms with Gasteiger partial charge in [0.05, 0.1) is 38.6 Å². The highest BCUT2D eigenvalue weighted by Crippen LogP contribution is 2.71. The molecule has 0 unspecified atom stereocenters. The average molecular weight is 1090 g/mol. The van der Waals surface area contributed by atoms with Gasteiger partial charge in [0.2, 0.25) is 0 Å². The fourth-order valence-electron chi connectivity index (χ4n) is 16.5. The maximum atomic E-state index is 12.3. The molecule has 10 fully saturated rings. The van der Waals surface area contributed by atoms with Crippen molar-refractivity contribution >= 4 is 5.97 Å². The normalized spacial score (nSPS) is 56.3. The fourth-order valence-corrected chi connectivity index (χ4v) is 16.5. The minimum absolute atomic E-state index is 0.0349. The molecule has 0 aromatic carbocycles. The Bertz CT molecular complexity index is 1990. The highest BCUT2D eigenvalue weighted by Gasteiger charge is 2.71. The van der Waals surface area contributed by atoms with Gasteiger partial charge >= 0.3 is 5.97 Å². The highest BCUT2D eigenvalue weighted by molar-refractivity contribution is 5.66. The lowest BCUT2D eigenvalue weighted by molar-refractivity contribution is -0.404. The van der Waals surface area contributed by atoms with Gasteiger partial charge in [-0.2, -0.15) is 0 Å². The molecule has 6 aliphatic heterocycles. The summed E-state index contributed by atoms with van der Waals surface area (Å²) in [6.07, 6.45) is -25.5. The second-order valence-corrected chi connectivity index (χ2v) is 24.7. The van der Waals surface area contributed by atoms with Gasteiger partial charge in [-0.15, -0.1) is 0 Å². The minimum Gasteiger partial charge on any atom is -0.458 e. The summed E-state index contributed by atoms with van der Waals surface area (Å²) in [5.74, 6) is 2.40. The van der Waals surface area contributed by atoms with E-state index in [1.165, 1.54) is 6.92 Å². The van der Waals surface area contributed by atoms with Crippen molar-refractivity contribution in [2.24, 2.45) is 52.3 Å². The number of hydrogen-bond acceptors (Lipinski definition) is 24. The topological polar surface area (TPSA) is 364 Å². The summed E-state index contributed by atoms with van der Waals surface area (Å²) in [6, 6.07) is 0. The predicted octanol–water partition coefficient (Wildman–Crippen LogP) is -3.16. The van der Waals surface area contributed by atoms with E-state index in [0.29, 0.717) is 48.3 Å². The zero-order chi connectivity index (χ0) is 54.5. The van der Waals surface area contributed by atoms with E-state index in [1.54, 1.807) is 0 Å². The van der Waals surface area contributed by atoms with E-state index in [0.717, 1.165) is 51.5 Å². The Hall–Kier alpha value is -1.41. The lowest BCUT2D eigenvalue weighted by Crippen LogP contribution is -2.68. The molecule has 10 rings (SSSR count). The maximum Gasteiger partial charge on any atom is 0.303 e. The Morgan fingerprint density at radius 2 is 1.22 bits per heavy atom. The number of ether oxygens (including phenoxy) is 10. The van der Waals surface area contributed by atoms with Crippen molar-refractivity contribution in [3.8, 4) is 0 Å². The third-order valence-corrected chi connectivity index (χ3v) is 20.5. The number of carbonyl (C=O) groups is 1. The average Bonchev–Trinajstić information content (AvgIpc) is 4.05. The van der Waals surface area contributed by atoms with Crippen molar-refractivity contribution in [3.05, 3.63) is 0 Å². The van der Waals surface area contributed by atoms with Crippen LogP contribution in [0.25, 0.3) is 0 Å². The smallest absolute Gasteiger partial charge is 0.303 e. The summed E-state index contributed by atoms with van der Waals surface area (Å²) in [5, 5.41) is 133. The van der Waals surface area contributed by atoms with E-state index in [-0.39, 0.29) is 41.0 Å². The second-order valence-electron chi connectivity index (χ2n) is 24.7. The standard InChI is InChI=1S/C52H85NO23/c1-20-12-33(68-22(3)57)52(53-15-20)21(2)34-29(76-52)14-27-25-7-6-23-13-24(8-10-50(23,4)26(25)9-11-51(27,34)5)69-47-42(66)39(63)43(32(18-56)72-47)73-49-45(75-48-41(65)38(62)36(60)30(16-54)70-48)44(37(61)31(17-55)71-49)74-46-40(64)35(59)28(58)19-67-46/h20-21,23-49,53-56,58-66H,6-19H2,1-5H3/t20-,21+,23+,24+,25-,26+,27+,28-,29+,30-,31-,32-,33+,34+,35+,36-,37-,38+,39-,40-,41-,42-,43+,44+,45-,46+,47-,48+,49-,50+,51+,52-/m1/s1. The lowest BCUT2D eigenvalue weighted by Gasteiger charge is -2.61. The van der Waals surface area contributed by atoms with Crippen molar-refractivity contribution in [3.63, 3.8) is 0 Å². The van der Waals surface area contributed by atoms with Gasteiger partial charge in [0, 0.05) is 19.4 Å². The van der Waals surface area contributed by atoms with Crippen LogP contribution >= 0.6 is 0 Å². The summed E-state index contributed by atoms with van der Waals surface area (Å²) < 4.78 is 61.0. The zero-order valence-electron chi connectivity index (χ0n) is 44.0. The molecule has 24 heteroatoms. The van der Waals surface area contributed by atoms with E-state index < -0.39 is 149 Å². The van der Waals surface area contributed by atoms with Gasteiger partial charge in [0.25, 0.3) is 0 Å². The zero-order valence-corrected chi connectivity index (χ0v) is 44.0. The number of carbonyl (C=O) groups excluding carboxylic acids is 1. The Morgan fingerprint density at radius 1 is 0.605 bits per heavy atom. The summed E-state index contributed by atoms with van der Waals surface area (Å²) in [7, 11) is 0. The summed E-state index contributed by atoms with van der Waals surface area (Å²) in [4.78, 5) is 12.3. The molecule has 6 saturated heterocycles. The number of nitrogens with one attached hydrogen (secondary N) is 1. The van der Waals surface area contributed by atoms with E-state index in [1.807, 2.05) is 0 Å². The SMILES string of the molecule is CC(=O)O[C@H]1C[C@@H](C)CN[C@]12O[C@H]1C[C@H]3[C@@H]4CC[C@H]5C[C@@H](O[C@@H]6O[C@H](CO)[C@H](O[C@H]7O[C@H](CO)[C@@H](O)[C@H](O[C@@H]8OC[C@@H](O)[C@H](O)[C@H]8O)[C@H]7O[C@@H]7O[C@H](CO)[C@@H](O)[C@H](O)[C@H]7O)[C@H](O)[C@H]6O)CC[C@]5(C)[C@H]4CC[C@]3(C)[C@H]1[C@@H]2C. The van der Waals surface area contributed by atoms with Crippen molar-refractivity contribution in [2.45, 2.75) is 233 Å². The number of esters is 1. The first kappa shape index (κ1) is 57.8. The largest absolute Gasteiger partial charge is 0.458 e. The quantitative estimate of drug-likeness (QED) is 0.0678. The van der Waals surface area contributed by atoms with E-state index in [2.05, 4.69) is 33.0 Å². The van der Waals surface area contributed by atoms with Gasteiger partial charge < -0.3 is 109 Å². The summed E-state index contributed by atoms with van der Waals surface area (Å²) in [6.45, 7) is 8.66. The van der Waals surface area contributed by atoms with Crippen molar-refractivity contribution in [1.82, 2.24) is 5.32 Å². The number of rotatable bonds is 12. The molecule has 0 amide bonds. The number of fused-ring (bicyclic) bond motifs is 7. The molecule has 1 spiro atoms. The molecule has 6 heterocycles. The van der Waals surface area contributed by atoms with Crippen molar-refractivity contribution < 1.29 is 113 Å². The van der Waals surface area contributed by atoms with E-state index in [9.17, 15) is 66.1 Å². The van der Waals surface area contributed by atoms with Crippen LogP contribution in [0, 0.1) is 52.3 Å². The number of aliphatic hydroxyl groups excluding tert-OH is 12. The monoisotopic (exact) mass is 1090 g/mol. The molecule has 0 aromatic heterocycles. The fraction of sp³-hybridized carbons (Fsp3) is 0.981. The van der Waals surface area contributed by atoms with Crippen molar-refractivity contribution in [1.29, 1.82) is 0 Å². The van der Waals surface area contributed by atoms with Crippen LogP contribution in [0.5, 0.6) is 0 Å². The molecule has 436 valence electrons. The Kier molecular flexibility index (Phi) is 17.0. The molecule has 0 bridgehead atoms. The molecular formula is C52H85NO23. The van der Waals surface area contributed by atoms with Gasteiger partial charge in [-0.25, -0.2) is 0 Å². The van der Waals surface area contributed by atoms with Gasteiger partial charge in [0.1, 0.15) is 97.7 Å². The molecule has 10 aliphatic rings. The Labute approximate surface area is 442 Å². The predicted molar refractivity (Wildman–Crippen MR) is 255 cm³/mol. The molecule has 4 aliphatic carbocycles. The highest BCUT2D eigenvalue weighted by atomic mass is 16.8. The molecule has 76 heavy (non-hydrogen) atoms. The third kappa shape index (κ3) is 9.93. The summed E-state index contributed by atoms with van der Waals surface area (Å²) >= 11 is 0. The molecule has 24 nitrogen and oxygen atoms in total. The van der Waals surface area contributed by atoms with E-state index in [4.69, 9.17) is 47.4 Å². The number of aliphatic hydroxyl groups is 12. The maximum absolute atomic E-state index is 12.3. The van der Waals surface area contributed by atoms with Crippen LogP contribution in [0.4, 0.5) is 0 Å². The first-order chi connectivity index (χ1) is 36.1. The van der Waals surface area contributed by atoms with Crippen LogP contribution < -0.4 is 5.32 Å². The number of piperidine rings is 1. The van der Waals surface area contributed by atoms with Gasteiger partial charge in [-0.1, -0.05) is 27.7 Å². The van der Waals surface area contributed by atoms with Gasteiger partial charge in [-0.3, -0.25) is 10.1 Å². The Balaban J connectivity index is 0.809. The summed E-state index contributed by atoms with van der Waals surface area (Å²) in [5.41, 5.74) is -0.582. The van der Waals surface area contributed by atoms with Crippen LogP contribution in [0.2, 0.25) is 0 Å². The first-order valence-corrected chi connectivity index (χ1v) is 27.8. The minimum atomic E-state index is -2.01. The van der Waals surface area contributed by atoms with Crippen LogP contribution in [0.1, 0.15) is 92.4 Å². The van der Waals surface area contributed by atoms with Crippen LogP contribution in [-0.2, 0) is 52.2 Å². The Morgan fingerprint density at radius 3 is 1.93 bits per heavy atom. The molecule has 0 aromatic rings. The second kappa shape index (κ2) is 22.4. The molecule has 13 N–H and O–H groups in total. The first-order valence-electron chi connectivity index (χ1n) is 27.8.